The fourth-order valence-corrected chi connectivity index (χ4v) is 3.45. The highest BCUT2D eigenvalue weighted by Gasteiger charge is 2.19. The Labute approximate surface area is 190 Å². The molecule has 2 aromatic carbocycles. The number of nitrogens with zero attached hydrogens (tertiary/aromatic N) is 2. The summed E-state index contributed by atoms with van der Waals surface area (Å²) in [6.45, 7) is 2.21. The van der Waals surface area contributed by atoms with E-state index in [4.69, 9.17) is 10.5 Å². The third-order valence-electron chi connectivity index (χ3n) is 4.78. The van der Waals surface area contributed by atoms with Gasteiger partial charge in [0.15, 0.2) is 0 Å². The van der Waals surface area contributed by atoms with Gasteiger partial charge in [-0.15, -0.1) is 12.4 Å². The van der Waals surface area contributed by atoms with E-state index in [-0.39, 0.29) is 24.1 Å². The number of rotatable bonds is 9. The van der Waals surface area contributed by atoms with Crippen molar-refractivity contribution in [3.8, 4) is 5.75 Å². The first-order valence-electron chi connectivity index (χ1n) is 9.40. The molecule has 0 aliphatic rings. The zero-order valence-corrected chi connectivity index (χ0v) is 19.0. The molecule has 0 aliphatic carbocycles. The summed E-state index contributed by atoms with van der Waals surface area (Å²) < 4.78 is 8.82. The van der Waals surface area contributed by atoms with Gasteiger partial charge in [-0.2, -0.15) is 0 Å². The number of carbonyl (C=O) groups excluding carboxylic acids is 1. The summed E-state index contributed by atoms with van der Waals surface area (Å²) in [6, 6.07) is 15.7. The number of hydrogen-bond donors (Lipinski definition) is 2. The molecule has 30 heavy (non-hydrogen) atoms. The van der Waals surface area contributed by atoms with E-state index in [1.54, 1.807) is 17.7 Å². The van der Waals surface area contributed by atoms with E-state index in [2.05, 4.69) is 20.9 Å². The summed E-state index contributed by atoms with van der Waals surface area (Å²) in [7, 11) is 0. The van der Waals surface area contributed by atoms with Gasteiger partial charge in [-0.1, -0.05) is 46.3 Å². The van der Waals surface area contributed by atoms with Crippen LogP contribution < -0.4 is 10.5 Å². The number of halogens is 2. The van der Waals surface area contributed by atoms with Crippen molar-refractivity contribution in [3.63, 3.8) is 0 Å². The number of benzene rings is 2. The fraction of sp³-hybridized carbons (Fsp3) is 0.273. The predicted molar refractivity (Wildman–Crippen MR) is 122 cm³/mol. The maximum absolute atomic E-state index is 11.3. The van der Waals surface area contributed by atoms with Gasteiger partial charge < -0.3 is 20.1 Å². The van der Waals surface area contributed by atoms with Gasteiger partial charge in [0.05, 0.1) is 18.5 Å². The molecule has 0 aliphatic heterocycles. The zero-order valence-electron chi connectivity index (χ0n) is 16.6. The van der Waals surface area contributed by atoms with Crippen LogP contribution in [0.4, 0.5) is 0 Å². The Morgan fingerprint density at radius 2 is 1.93 bits per heavy atom. The average Bonchev–Trinajstić information content (AvgIpc) is 3.18. The second-order valence-electron chi connectivity index (χ2n) is 6.94. The summed E-state index contributed by atoms with van der Waals surface area (Å²) in [5.41, 5.74) is 7.62. The van der Waals surface area contributed by atoms with E-state index >= 15 is 0 Å². The molecule has 1 aromatic heterocycles. The van der Waals surface area contributed by atoms with Crippen LogP contribution in [0.1, 0.15) is 41.0 Å². The van der Waals surface area contributed by atoms with E-state index in [1.807, 2.05) is 48.5 Å². The highest BCUT2D eigenvalue weighted by atomic mass is 79.9. The molecule has 3 N–H and O–H groups in total. The number of amides is 1. The predicted octanol–water partition coefficient (Wildman–Crippen LogP) is 4.30. The van der Waals surface area contributed by atoms with Crippen molar-refractivity contribution in [2.24, 2.45) is 5.73 Å². The van der Waals surface area contributed by atoms with E-state index in [0.717, 1.165) is 21.3 Å². The number of nitrogens with two attached hydrogens (primary N) is 1. The first-order chi connectivity index (χ1) is 13.9. The van der Waals surface area contributed by atoms with Gasteiger partial charge in [0.25, 0.3) is 5.91 Å². The lowest BCUT2D eigenvalue weighted by Gasteiger charge is -2.22. The van der Waals surface area contributed by atoms with Crippen LogP contribution in [0, 0.1) is 0 Å². The second-order valence-corrected chi connectivity index (χ2v) is 7.86. The van der Waals surface area contributed by atoms with Crippen LogP contribution in [-0.4, -0.2) is 26.7 Å². The molecule has 2 atom stereocenters. The van der Waals surface area contributed by atoms with Crippen molar-refractivity contribution < 1.29 is 14.6 Å². The summed E-state index contributed by atoms with van der Waals surface area (Å²) in [4.78, 5) is 15.3. The normalized spacial score (nSPS) is 12.6. The Bertz CT molecular complexity index is 960. The van der Waals surface area contributed by atoms with Crippen LogP contribution in [0.5, 0.6) is 5.75 Å². The quantitative estimate of drug-likeness (QED) is 0.464. The third kappa shape index (κ3) is 6.32. The topological polar surface area (TPSA) is 90.4 Å². The second kappa shape index (κ2) is 11.2. The summed E-state index contributed by atoms with van der Waals surface area (Å²) in [6.07, 6.45) is 3.87. The first kappa shape index (κ1) is 23.9. The lowest BCUT2D eigenvalue weighted by atomic mass is 10.0. The molecule has 0 fully saturated rings. The van der Waals surface area contributed by atoms with Crippen LogP contribution >= 0.6 is 28.3 Å². The molecule has 3 rings (SSSR count). The van der Waals surface area contributed by atoms with Crippen LogP contribution in [-0.2, 0) is 13.0 Å². The SMILES string of the molecule is C[C@H](O)[C@@H](CCc1ccccc1OCc1ccc(Br)cc1)n1cnc(C(N)=O)c1.Cl. The van der Waals surface area contributed by atoms with Crippen LogP contribution in [0.15, 0.2) is 65.5 Å². The van der Waals surface area contributed by atoms with Crippen molar-refractivity contribution in [3.05, 3.63) is 82.3 Å². The van der Waals surface area contributed by atoms with Crippen molar-refractivity contribution in [1.82, 2.24) is 9.55 Å². The summed E-state index contributed by atoms with van der Waals surface area (Å²) in [5, 5.41) is 10.2. The molecule has 0 bridgehead atoms. The number of aromatic nitrogens is 2. The van der Waals surface area contributed by atoms with E-state index in [1.165, 1.54) is 6.33 Å². The van der Waals surface area contributed by atoms with E-state index in [0.29, 0.717) is 19.4 Å². The van der Waals surface area contributed by atoms with E-state index < -0.39 is 12.0 Å². The first-order valence-corrected chi connectivity index (χ1v) is 10.2. The van der Waals surface area contributed by atoms with Gasteiger partial charge in [0.2, 0.25) is 0 Å². The molecule has 0 unspecified atom stereocenters. The van der Waals surface area contributed by atoms with Gasteiger partial charge in [-0.25, -0.2) is 4.98 Å². The number of carbonyl (C=O) groups is 1. The van der Waals surface area contributed by atoms with Crippen LogP contribution in [0.3, 0.4) is 0 Å². The number of aliphatic hydroxyl groups is 1. The average molecular weight is 495 g/mol. The Morgan fingerprint density at radius 3 is 2.57 bits per heavy atom. The molecular weight excluding hydrogens is 470 g/mol. The largest absolute Gasteiger partial charge is 0.489 e. The molecule has 160 valence electrons. The van der Waals surface area contributed by atoms with Crippen molar-refractivity contribution >= 4 is 34.2 Å². The van der Waals surface area contributed by atoms with Crippen molar-refractivity contribution in [1.29, 1.82) is 0 Å². The molecule has 8 heteroatoms. The monoisotopic (exact) mass is 493 g/mol. The number of imidazole rings is 1. The Kier molecular flexibility index (Phi) is 8.89. The molecule has 0 saturated heterocycles. The van der Waals surface area contributed by atoms with Crippen LogP contribution in [0.25, 0.3) is 0 Å². The molecule has 1 heterocycles. The number of aryl methyl sites for hydroxylation is 1. The van der Waals surface area contributed by atoms with E-state index in [9.17, 15) is 9.90 Å². The molecule has 0 spiro atoms. The lowest BCUT2D eigenvalue weighted by molar-refractivity contribution is 0.0994. The van der Waals surface area contributed by atoms with Gasteiger partial charge in [-0.3, -0.25) is 4.79 Å². The molecular formula is C22H25BrClN3O3. The maximum atomic E-state index is 11.3. The van der Waals surface area contributed by atoms with Gasteiger partial charge >= 0.3 is 0 Å². The number of para-hydroxylation sites is 1. The molecule has 0 radical (unpaired) electrons. The number of primary amides is 1. The Morgan fingerprint density at radius 1 is 1.23 bits per heavy atom. The van der Waals surface area contributed by atoms with Gasteiger partial charge in [0, 0.05) is 10.7 Å². The lowest BCUT2D eigenvalue weighted by Crippen LogP contribution is -2.21. The summed E-state index contributed by atoms with van der Waals surface area (Å²) in [5.74, 6) is 0.239. The van der Waals surface area contributed by atoms with Gasteiger partial charge in [0.1, 0.15) is 18.1 Å². The highest BCUT2D eigenvalue weighted by molar-refractivity contribution is 9.10. The minimum Gasteiger partial charge on any atom is -0.489 e. The van der Waals surface area contributed by atoms with Gasteiger partial charge in [-0.05, 0) is 49.1 Å². The minimum atomic E-state index is -0.610. The Balaban J connectivity index is 0.00000320. The van der Waals surface area contributed by atoms with Crippen molar-refractivity contribution in [2.75, 3.05) is 0 Å². The zero-order chi connectivity index (χ0) is 20.8. The third-order valence-corrected chi connectivity index (χ3v) is 5.31. The smallest absolute Gasteiger partial charge is 0.268 e. The fourth-order valence-electron chi connectivity index (χ4n) is 3.18. The molecule has 0 saturated carbocycles. The molecule has 6 nitrogen and oxygen atoms in total. The van der Waals surface area contributed by atoms with Crippen molar-refractivity contribution in [2.45, 2.75) is 38.5 Å². The maximum Gasteiger partial charge on any atom is 0.268 e. The van der Waals surface area contributed by atoms with Crippen LogP contribution in [0.2, 0.25) is 0 Å². The minimum absolute atomic E-state index is 0. The molecule has 3 aromatic rings. The number of aliphatic hydroxyl groups excluding tert-OH is 1. The Hall–Kier alpha value is -2.35. The summed E-state index contributed by atoms with van der Waals surface area (Å²) >= 11 is 3.43. The molecule has 1 amide bonds. The number of hydrogen-bond acceptors (Lipinski definition) is 4. The highest BCUT2D eigenvalue weighted by Crippen LogP contribution is 2.26. The number of ether oxygens (including phenoxy) is 1. The standard InChI is InChI=1S/C22H24BrN3O3.ClH/c1-15(27)20(26-12-19(22(24)28)25-14-26)11-8-17-4-2-3-5-21(17)29-13-16-6-9-18(23)10-7-16;/h2-7,9-10,12,14-15,20,27H,8,11,13H2,1H3,(H2,24,28);1H/t15-,20+;/m0./s1.